The van der Waals surface area contributed by atoms with Crippen LogP contribution in [0.2, 0.25) is 5.02 Å². The molecule has 1 heterocycles. The third-order valence-corrected chi connectivity index (χ3v) is 4.07. The van der Waals surface area contributed by atoms with Crippen LogP contribution in [0.3, 0.4) is 0 Å². The van der Waals surface area contributed by atoms with Crippen LogP contribution in [-0.2, 0) is 25.7 Å². The van der Waals surface area contributed by atoms with E-state index >= 15 is 0 Å². The van der Waals surface area contributed by atoms with E-state index in [1.807, 2.05) is 0 Å². The number of likely N-dealkylation sites (tertiary alicyclic amines) is 1. The molecule has 1 aliphatic heterocycles. The van der Waals surface area contributed by atoms with Crippen molar-refractivity contribution in [2.75, 3.05) is 19.7 Å². The van der Waals surface area contributed by atoms with E-state index in [0.29, 0.717) is 5.02 Å². The number of halogens is 4. The average Bonchev–Trinajstić information content (AvgIpc) is 2.93. The Balaban J connectivity index is 1.81. The fourth-order valence-corrected chi connectivity index (χ4v) is 2.61. The summed E-state index contributed by atoms with van der Waals surface area (Å²) in [6, 6.07) is 6.96. The van der Waals surface area contributed by atoms with E-state index in [1.165, 1.54) is 4.90 Å². The third kappa shape index (κ3) is 5.91. The number of amides is 2. The molecule has 2 rings (SSSR count). The smallest absolute Gasteiger partial charge is 0.405 e. The molecule has 0 spiro atoms. The van der Waals surface area contributed by atoms with Gasteiger partial charge in [0.15, 0.2) is 6.61 Å². The van der Waals surface area contributed by atoms with Crippen LogP contribution >= 0.6 is 11.6 Å². The van der Waals surface area contributed by atoms with Gasteiger partial charge in [0.2, 0.25) is 5.91 Å². The summed E-state index contributed by atoms with van der Waals surface area (Å²) in [5.41, 5.74) is 0.725. The molecule has 0 saturated carbocycles. The highest BCUT2D eigenvalue weighted by Gasteiger charge is 2.36. The van der Waals surface area contributed by atoms with E-state index in [4.69, 9.17) is 16.3 Å². The molecule has 0 bridgehead atoms. The second-order valence-corrected chi connectivity index (χ2v) is 6.17. The zero-order valence-electron chi connectivity index (χ0n) is 13.5. The van der Waals surface area contributed by atoms with Gasteiger partial charge in [0.05, 0.1) is 5.92 Å². The summed E-state index contributed by atoms with van der Waals surface area (Å²) in [4.78, 5) is 36.6. The van der Waals surface area contributed by atoms with Gasteiger partial charge >= 0.3 is 12.1 Å². The van der Waals surface area contributed by atoms with Gasteiger partial charge in [-0.25, -0.2) is 0 Å². The van der Waals surface area contributed by atoms with Crippen LogP contribution in [0.4, 0.5) is 13.2 Å². The molecule has 1 aliphatic rings. The average molecular weight is 393 g/mol. The molecule has 1 N–H and O–H groups in total. The van der Waals surface area contributed by atoms with Gasteiger partial charge in [-0.3, -0.25) is 14.4 Å². The molecule has 2 amide bonds. The van der Waals surface area contributed by atoms with E-state index in [9.17, 15) is 27.6 Å². The van der Waals surface area contributed by atoms with Gasteiger partial charge in [-0.1, -0.05) is 29.8 Å². The SMILES string of the molecule is O=C(COC(=O)[C@@H]1CC(=O)N(Cc2ccccc2Cl)C1)NCC(F)(F)F. The van der Waals surface area contributed by atoms with Crippen molar-refractivity contribution in [2.24, 2.45) is 5.92 Å². The van der Waals surface area contributed by atoms with Crippen LogP contribution in [0.15, 0.2) is 24.3 Å². The summed E-state index contributed by atoms with van der Waals surface area (Å²) in [6.07, 6.45) is -4.63. The zero-order valence-corrected chi connectivity index (χ0v) is 14.3. The van der Waals surface area contributed by atoms with Crippen molar-refractivity contribution in [1.29, 1.82) is 0 Å². The first-order valence-electron chi connectivity index (χ1n) is 7.67. The summed E-state index contributed by atoms with van der Waals surface area (Å²) in [5.74, 6) is -2.91. The molecule has 1 aromatic carbocycles. The standard InChI is InChI=1S/C16H16ClF3N2O4/c17-12-4-2-1-3-10(12)6-22-7-11(5-14(22)24)15(25)26-8-13(23)21-9-16(18,19)20/h1-4,11H,5-9H2,(H,21,23)/t11-/m1/s1. The van der Waals surface area contributed by atoms with Gasteiger partial charge < -0.3 is 15.0 Å². The number of rotatable bonds is 6. The monoisotopic (exact) mass is 392 g/mol. The molecule has 0 aliphatic carbocycles. The maximum absolute atomic E-state index is 12.0. The normalized spacial score (nSPS) is 17.3. The Hall–Kier alpha value is -2.29. The Morgan fingerprint density at radius 1 is 1.31 bits per heavy atom. The third-order valence-electron chi connectivity index (χ3n) is 3.70. The van der Waals surface area contributed by atoms with E-state index in [0.717, 1.165) is 5.56 Å². The summed E-state index contributed by atoms with van der Waals surface area (Å²) >= 11 is 6.04. The predicted molar refractivity (Wildman–Crippen MR) is 85.0 cm³/mol. The number of carbonyl (C=O) groups is 3. The molecule has 1 atom stereocenters. The van der Waals surface area contributed by atoms with Crippen molar-refractivity contribution in [1.82, 2.24) is 10.2 Å². The minimum absolute atomic E-state index is 0.0898. The molecule has 1 saturated heterocycles. The van der Waals surface area contributed by atoms with Gasteiger partial charge in [-0.2, -0.15) is 13.2 Å². The highest BCUT2D eigenvalue weighted by molar-refractivity contribution is 6.31. The van der Waals surface area contributed by atoms with Crippen molar-refractivity contribution in [3.63, 3.8) is 0 Å². The molecule has 142 valence electrons. The number of carbonyl (C=O) groups excluding carboxylic acids is 3. The number of benzene rings is 1. The van der Waals surface area contributed by atoms with Gasteiger partial charge in [-0.15, -0.1) is 0 Å². The molecule has 6 nitrogen and oxygen atoms in total. The summed E-state index contributed by atoms with van der Waals surface area (Å²) in [7, 11) is 0. The number of hydrogen-bond donors (Lipinski definition) is 1. The van der Waals surface area contributed by atoms with E-state index < -0.39 is 37.1 Å². The van der Waals surface area contributed by atoms with Crippen LogP contribution in [0.25, 0.3) is 0 Å². The Labute approximate surface area is 152 Å². The molecule has 0 radical (unpaired) electrons. The van der Waals surface area contributed by atoms with Crippen LogP contribution in [-0.4, -0.2) is 48.6 Å². The van der Waals surface area contributed by atoms with Gasteiger partial charge in [-0.05, 0) is 11.6 Å². The zero-order chi connectivity index (χ0) is 19.3. The van der Waals surface area contributed by atoms with Crippen molar-refractivity contribution < 1.29 is 32.3 Å². The summed E-state index contributed by atoms with van der Waals surface area (Å²) < 4.78 is 40.6. The van der Waals surface area contributed by atoms with Crippen LogP contribution in [0, 0.1) is 5.92 Å². The first-order chi connectivity index (χ1) is 12.2. The predicted octanol–water partition coefficient (Wildman–Crippen LogP) is 1.91. The minimum atomic E-state index is -4.54. The highest BCUT2D eigenvalue weighted by Crippen LogP contribution is 2.24. The van der Waals surface area contributed by atoms with E-state index in [1.54, 1.807) is 29.6 Å². The second kappa shape index (κ2) is 8.39. The molecular weight excluding hydrogens is 377 g/mol. The first-order valence-corrected chi connectivity index (χ1v) is 8.05. The molecule has 1 aromatic rings. The highest BCUT2D eigenvalue weighted by atomic mass is 35.5. The number of ether oxygens (including phenoxy) is 1. The van der Waals surface area contributed by atoms with Crippen molar-refractivity contribution >= 4 is 29.4 Å². The van der Waals surface area contributed by atoms with E-state index in [2.05, 4.69) is 0 Å². The van der Waals surface area contributed by atoms with Crippen LogP contribution < -0.4 is 5.32 Å². The van der Waals surface area contributed by atoms with Crippen molar-refractivity contribution in [2.45, 2.75) is 19.1 Å². The van der Waals surface area contributed by atoms with Gasteiger partial charge in [0, 0.05) is 24.5 Å². The Morgan fingerprint density at radius 2 is 2.00 bits per heavy atom. The molecular formula is C16H16ClF3N2O4. The summed E-state index contributed by atoms with van der Waals surface area (Å²) in [5, 5.41) is 2.09. The topological polar surface area (TPSA) is 75.7 Å². The largest absolute Gasteiger partial charge is 0.455 e. The van der Waals surface area contributed by atoms with Crippen LogP contribution in [0.1, 0.15) is 12.0 Å². The Kier molecular flexibility index (Phi) is 6.47. The van der Waals surface area contributed by atoms with Crippen molar-refractivity contribution in [3.8, 4) is 0 Å². The number of nitrogens with zero attached hydrogens (tertiary/aromatic N) is 1. The lowest BCUT2D eigenvalue weighted by molar-refractivity contribution is -0.154. The number of alkyl halides is 3. The lowest BCUT2D eigenvalue weighted by Gasteiger charge is -2.17. The van der Waals surface area contributed by atoms with Gasteiger partial charge in [0.1, 0.15) is 6.54 Å². The number of hydrogen-bond acceptors (Lipinski definition) is 4. The number of nitrogens with one attached hydrogen (secondary N) is 1. The molecule has 10 heteroatoms. The Morgan fingerprint density at radius 3 is 2.65 bits per heavy atom. The summed E-state index contributed by atoms with van der Waals surface area (Å²) in [6.45, 7) is -2.01. The Bertz CT molecular complexity index is 696. The fourth-order valence-electron chi connectivity index (χ4n) is 2.42. The maximum atomic E-state index is 12.0. The maximum Gasteiger partial charge on any atom is 0.405 e. The molecule has 0 unspecified atom stereocenters. The molecule has 1 fully saturated rings. The minimum Gasteiger partial charge on any atom is -0.455 e. The quantitative estimate of drug-likeness (QED) is 0.750. The lowest BCUT2D eigenvalue weighted by Crippen LogP contribution is -2.37. The lowest BCUT2D eigenvalue weighted by atomic mass is 10.1. The van der Waals surface area contributed by atoms with E-state index in [-0.39, 0.29) is 25.4 Å². The van der Waals surface area contributed by atoms with Crippen molar-refractivity contribution in [3.05, 3.63) is 34.9 Å². The molecule has 26 heavy (non-hydrogen) atoms. The second-order valence-electron chi connectivity index (χ2n) is 5.77. The fraction of sp³-hybridized carbons (Fsp3) is 0.438. The molecule has 0 aromatic heterocycles. The van der Waals surface area contributed by atoms with Crippen LogP contribution in [0.5, 0.6) is 0 Å². The first kappa shape index (κ1) is 20.0. The number of esters is 1. The van der Waals surface area contributed by atoms with Gasteiger partial charge in [0.25, 0.3) is 5.91 Å².